The lowest BCUT2D eigenvalue weighted by atomic mass is 10.2. The van der Waals surface area contributed by atoms with Gasteiger partial charge in [-0.1, -0.05) is 0 Å². The highest BCUT2D eigenvalue weighted by Gasteiger charge is 2.36. The van der Waals surface area contributed by atoms with Crippen molar-refractivity contribution in [3.63, 3.8) is 0 Å². The van der Waals surface area contributed by atoms with Crippen molar-refractivity contribution in [1.29, 1.82) is 5.41 Å². The molecule has 0 amide bonds. The first-order valence-corrected chi connectivity index (χ1v) is 6.14. The van der Waals surface area contributed by atoms with Crippen molar-refractivity contribution in [3.05, 3.63) is 23.4 Å². The SMILES string of the molecule is N=C(N)c1ccc(C(F)(F)F)nc1N(CCO)C1CC1. The predicted molar refractivity (Wildman–Crippen MR) is 67.7 cm³/mol. The number of pyridine rings is 1. The number of nitrogen functional groups attached to an aromatic ring is 1. The highest BCUT2D eigenvalue weighted by Crippen LogP contribution is 2.35. The molecular weight excluding hydrogens is 273 g/mol. The lowest BCUT2D eigenvalue weighted by Gasteiger charge is -2.25. The minimum absolute atomic E-state index is 0.0175. The number of alkyl halides is 3. The van der Waals surface area contributed by atoms with Gasteiger partial charge >= 0.3 is 6.18 Å². The first-order valence-electron chi connectivity index (χ1n) is 6.14. The Bertz CT molecular complexity index is 514. The van der Waals surface area contributed by atoms with Gasteiger partial charge in [0.25, 0.3) is 0 Å². The summed E-state index contributed by atoms with van der Waals surface area (Å²) < 4.78 is 38.3. The molecule has 8 heteroatoms. The van der Waals surface area contributed by atoms with E-state index in [1.807, 2.05) is 0 Å². The molecule has 0 spiro atoms. The van der Waals surface area contributed by atoms with Crippen molar-refractivity contribution in [2.75, 3.05) is 18.1 Å². The van der Waals surface area contributed by atoms with Gasteiger partial charge < -0.3 is 15.7 Å². The van der Waals surface area contributed by atoms with Crippen LogP contribution in [0.1, 0.15) is 24.1 Å². The Hall–Kier alpha value is -1.83. The second-order valence-electron chi connectivity index (χ2n) is 4.63. The summed E-state index contributed by atoms with van der Waals surface area (Å²) in [4.78, 5) is 5.20. The summed E-state index contributed by atoms with van der Waals surface area (Å²) in [5.41, 5.74) is 4.53. The van der Waals surface area contributed by atoms with Gasteiger partial charge in [0.15, 0.2) is 0 Å². The largest absolute Gasteiger partial charge is 0.433 e. The summed E-state index contributed by atoms with van der Waals surface area (Å²) in [6.07, 6.45) is -2.90. The fourth-order valence-corrected chi connectivity index (χ4v) is 1.99. The van der Waals surface area contributed by atoms with Gasteiger partial charge in [-0.05, 0) is 25.0 Å². The maximum absolute atomic E-state index is 12.8. The van der Waals surface area contributed by atoms with E-state index in [1.165, 1.54) is 0 Å². The molecule has 1 aromatic heterocycles. The van der Waals surface area contributed by atoms with Crippen molar-refractivity contribution in [3.8, 4) is 0 Å². The molecule has 0 saturated heterocycles. The molecule has 20 heavy (non-hydrogen) atoms. The number of aliphatic hydroxyl groups is 1. The maximum atomic E-state index is 12.8. The molecule has 1 aliphatic rings. The zero-order valence-electron chi connectivity index (χ0n) is 10.6. The van der Waals surface area contributed by atoms with Crippen LogP contribution in [0.25, 0.3) is 0 Å². The van der Waals surface area contributed by atoms with Crippen LogP contribution in [0.3, 0.4) is 0 Å². The fourth-order valence-electron chi connectivity index (χ4n) is 1.99. The van der Waals surface area contributed by atoms with E-state index in [4.69, 9.17) is 16.2 Å². The summed E-state index contributed by atoms with van der Waals surface area (Å²) in [5, 5.41) is 16.5. The molecule has 2 rings (SSSR count). The number of hydrogen-bond donors (Lipinski definition) is 3. The van der Waals surface area contributed by atoms with E-state index in [0.29, 0.717) is 0 Å². The van der Waals surface area contributed by atoms with E-state index in [-0.39, 0.29) is 36.4 Å². The molecule has 4 N–H and O–H groups in total. The van der Waals surface area contributed by atoms with Crippen molar-refractivity contribution in [1.82, 2.24) is 4.98 Å². The highest BCUT2D eigenvalue weighted by atomic mass is 19.4. The van der Waals surface area contributed by atoms with E-state index in [0.717, 1.165) is 25.0 Å². The van der Waals surface area contributed by atoms with Crippen molar-refractivity contribution in [2.45, 2.75) is 25.1 Å². The fraction of sp³-hybridized carbons (Fsp3) is 0.500. The second kappa shape index (κ2) is 5.28. The Morgan fingerprint density at radius 1 is 1.45 bits per heavy atom. The van der Waals surface area contributed by atoms with Gasteiger partial charge in [0, 0.05) is 12.6 Å². The van der Waals surface area contributed by atoms with Gasteiger partial charge in [0.2, 0.25) is 0 Å². The number of nitrogens with zero attached hydrogens (tertiary/aromatic N) is 2. The normalized spacial score (nSPS) is 15.2. The molecule has 110 valence electrons. The molecule has 1 fully saturated rings. The number of aromatic nitrogens is 1. The minimum atomic E-state index is -4.56. The Labute approximate surface area is 113 Å². The van der Waals surface area contributed by atoms with Gasteiger partial charge in [0.1, 0.15) is 17.3 Å². The average Bonchev–Trinajstić information content (AvgIpc) is 3.18. The van der Waals surface area contributed by atoms with E-state index in [9.17, 15) is 13.2 Å². The number of hydrogen-bond acceptors (Lipinski definition) is 4. The van der Waals surface area contributed by atoms with E-state index >= 15 is 0 Å². The number of nitrogens with one attached hydrogen (secondary N) is 1. The lowest BCUT2D eigenvalue weighted by Crippen LogP contribution is -2.33. The average molecular weight is 288 g/mol. The van der Waals surface area contributed by atoms with Crippen molar-refractivity contribution >= 4 is 11.7 Å². The third-order valence-electron chi connectivity index (χ3n) is 3.06. The third-order valence-corrected chi connectivity index (χ3v) is 3.06. The summed E-state index contributed by atoms with van der Waals surface area (Å²) in [6.45, 7) is -0.0367. The Kier molecular flexibility index (Phi) is 3.85. The molecular formula is C12H15F3N4O. The smallest absolute Gasteiger partial charge is 0.395 e. The number of anilines is 1. The second-order valence-corrected chi connectivity index (χ2v) is 4.63. The molecule has 0 bridgehead atoms. The number of rotatable bonds is 5. The molecule has 0 aromatic carbocycles. The van der Waals surface area contributed by atoms with E-state index < -0.39 is 11.9 Å². The molecule has 0 aliphatic heterocycles. The van der Waals surface area contributed by atoms with Crippen LogP contribution in [0.2, 0.25) is 0 Å². The summed E-state index contributed by atoms with van der Waals surface area (Å²) >= 11 is 0. The summed E-state index contributed by atoms with van der Waals surface area (Å²) in [7, 11) is 0. The first kappa shape index (κ1) is 14.6. The number of halogens is 3. The molecule has 1 saturated carbocycles. The molecule has 0 atom stereocenters. The summed E-state index contributed by atoms with van der Waals surface area (Å²) in [5.74, 6) is -0.325. The monoisotopic (exact) mass is 288 g/mol. The zero-order chi connectivity index (χ0) is 14.9. The van der Waals surface area contributed by atoms with E-state index in [1.54, 1.807) is 4.90 Å². The molecule has 5 nitrogen and oxygen atoms in total. The van der Waals surface area contributed by atoms with Crippen LogP contribution in [0, 0.1) is 5.41 Å². The standard InChI is InChI=1S/C12H15F3N4O/c13-12(14,15)9-4-3-8(10(16)17)11(18-9)19(5-6-20)7-1-2-7/h3-4,7,20H,1-2,5-6H2,(H3,16,17). The van der Waals surface area contributed by atoms with Crippen LogP contribution < -0.4 is 10.6 Å². The predicted octanol–water partition coefficient (Wildman–Crippen LogP) is 1.35. The Balaban J connectivity index is 2.48. The zero-order valence-corrected chi connectivity index (χ0v) is 10.6. The molecule has 1 aliphatic carbocycles. The van der Waals surface area contributed by atoms with Crippen LogP contribution >= 0.6 is 0 Å². The Morgan fingerprint density at radius 2 is 2.10 bits per heavy atom. The number of aliphatic hydroxyl groups excluding tert-OH is 1. The minimum Gasteiger partial charge on any atom is -0.395 e. The van der Waals surface area contributed by atoms with E-state index in [2.05, 4.69) is 4.98 Å². The third kappa shape index (κ3) is 3.01. The first-order chi connectivity index (χ1) is 9.34. The van der Waals surface area contributed by atoms with Crippen LogP contribution in [-0.4, -0.2) is 35.1 Å². The van der Waals surface area contributed by atoms with Gasteiger partial charge in [0.05, 0.1) is 12.2 Å². The quantitative estimate of drug-likeness (QED) is 0.564. The van der Waals surface area contributed by atoms with Crippen LogP contribution in [-0.2, 0) is 6.18 Å². The molecule has 1 heterocycles. The summed E-state index contributed by atoms with van der Waals surface area (Å²) in [6, 6.07) is 2.01. The Morgan fingerprint density at radius 3 is 2.55 bits per heavy atom. The van der Waals surface area contributed by atoms with Crippen molar-refractivity contribution in [2.24, 2.45) is 5.73 Å². The molecule has 0 unspecified atom stereocenters. The highest BCUT2D eigenvalue weighted by molar-refractivity contribution is 5.99. The van der Waals surface area contributed by atoms with Gasteiger partial charge in [-0.3, -0.25) is 5.41 Å². The number of amidine groups is 1. The van der Waals surface area contributed by atoms with Gasteiger partial charge in [-0.2, -0.15) is 13.2 Å². The lowest BCUT2D eigenvalue weighted by molar-refractivity contribution is -0.141. The van der Waals surface area contributed by atoms with Crippen LogP contribution in [0.5, 0.6) is 0 Å². The van der Waals surface area contributed by atoms with Gasteiger partial charge in [-0.25, -0.2) is 4.98 Å². The molecule has 0 radical (unpaired) electrons. The number of nitrogens with two attached hydrogens (primary N) is 1. The van der Waals surface area contributed by atoms with Crippen molar-refractivity contribution < 1.29 is 18.3 Å². The topological polar surface area (TPSA) is 86.2 Å². The van der Waals surface area contributed by atoms with Crippen LogP contribution in [0.4, 0.5) is 19.0 Å². The van der Waals surface area contributed by atoms with Gasteiger partial charge in [-0.15, -0.1) is 0 Å². The maximum Gasteiger partial charge on any atom is 0.433 e. The molecule has 1 aromatic rings. The van der Waals surface area contributed by atoms with Crippen LogP contribution in [0.15, 0.2) is 12.1 Å².